The van der Waals surface area contributed by atoms with Crippen LogP contribution in [0.2, 0.25) is 0 Å². The monoisotopic (exact) mass is 401 g/mol. The summed E-state index contributed by atoms with van der Waals surface area (Å²) in [6.45, 7) is 0.978. The summed E-state index contributed by atoms with van der Waals surface area (Å²) in [4.78, 5) is 12.5. The first-order valence-electron chi connectivity index (χ1n) is 9.81. The number of amides is 1. The van der Waals surface area contributed by atoms with Crippen molar-refractivity contribution in [1.29, 1.82) is 0 Å². The topological polar surface area (TPSA) is 56.8 Å². The number of benzene rings is 3. The van der Waals surface area contributed by atoms with Crippen molar-refractivity contribution in [1.82, 2.24) is 0 Å². The quantitative estimate of drug-likeness (QED) is 0.608. The molecule has 0 radical (unpaired) electrons. The van der Waals surface area contributed by atoms with E-state index in [9.17, 15) is 4.79 Å². The number of carbonyl (C=O) groups is 1. The minimum absolute atomic E-state index is 0.204. The van der Waals surface area contributed by atoms with Crippen LogP contribution in [0.3, 0.4) is 0 Å². The van der Waals surface area contributed by atoms with E-state index in [0.29, 0.717) is 30.5 Å². The molecule has 1 heterocycles. The fourth-order valence-corrected chi connectivity index (χ4v) is 3.35. The van der Waals surface area contributed by atoms with E-state index in [1.165, 1.54) is 11.6 Å². The van der Waals surface area contributed by atoms with Crippen LogP contribution in [0.1, 0.15) is 16.7 Å². The maximum Gasteiger partial charge on any atom is 0.248 e. The molecule has 0 bridgehead atoms. The average molecular weight is 401 g/mol. The third-order valence-corrected chi connectivity index (χ3v) is 4.79. The molecule has 0 spiro atoms. The van der Waals surface area contributed by atoms with Gasteiger partial charge in [-0.25, -0.2) is 0 Å². The molecule has 1 aliphatic heterocycles. The second-order valence-corrected chi connectivity index (χ2v) is 6.89. The van der Waals surface area contributed by atoms with Gasteiger partial charge in [0, 0.05) is 11.8 Å². The summed E-state index contributed by atoms with van der Waals surface area (Å²) >= 11 is 0. The first-order valence-corrected chi connectivity index (χ1v) is 9.81. The zero-order chi connectivity index (χ0) is 20.8. The average Bonchev–Trinajstić information content (AvgIpc) is 2.79. The lowest BCUT2D eigenvalue weighted by Crippen LogP contribution is -2.16. The molecule has 30 heavy (non-hydrogen) atoms. The van der Waals surface area contributed by atoms with Gasteiger partial charge in [0.1, 0.15) is 13.2 Å². The number of anilines is 1. The molecule has 5 nitrogen and oxygen atoms in total. The number of hydrogen-bond acceptors (Lipinski definition) is 4. The van der Waals surface area contributed by atoms with E-state index in [1.807, 2.05) is 54.6 Å². The Kier molecular flexibility index (Phi) is 5.99. The van der Waals surface area contributed by atoms with E-state index in [4.69, 9.17) is 14.2 Å². The molecule has 0 fully saturated rings. The Balaban J connectivity index is 1.48. The standard InChI is InChI=1S/C25H23NO4/c1-28-22-16-19(17-23-25(22)30-14-13-29-23)11-12-24(27)26-21-10-6-5-9-20(21)15-18-7-3-2-4-8-18/h2-12,16-17H,13-15H2,1H3,(H,26,27)/b12-11+. The summed E-state index contributed by atoms with van der Waals surface area (Å²) in [5, 5.41) is 2.98. The van der Waals surface area contributed by atoms with Gasteiger partial charge in [-0.1, -0.05) is 48.5 Å². The second-order valence-electron chi connectivity index (χ2n) is 6.89. The Morgan fingerprint density at radius 2 is 1.80 bits per heavy atom. The molecule has 3 aromatic rings. The summed E-state index contributed by atoms with van der Waals surface area (Å²) in [5.74, 6) is 1.60. The number of fused-ring (bicyclic) bond motifs is 1. The maximum atomic E-state index is 12.5. The Morgan fingerprint density at radius 3 is 2.63 bits per heavy atom. The Morgan fingerprint density at radius 1 is 1.03 bits per heavy atom. The van der Waals surface area contributed by atoms with Crippen LogP contribution in [0, 0.1) is 0 Å². The summed E-state index contributed by atoms with van der Waals surface area (Å²) in [5.41, 5.74) is 3.85. The molecule has 0 atom stereocenters. The van der Waals surface area contributed by atoms with Gasteiger partial charge in [-0.3, -0.25) is 4.79 Å². The lowest BCUT2D eigenvalue weighted by Gasteiger charge is -2.20. The number of rotatable bonds is 6. The van der Waals surface area contributed by atoms with Crippen LogP contribution < -0.4 is 19.5 Å². The molecule has 1 amide bonds. The van der Waals surface area contributed by atoms with Gasteiger partial charge in [-0.15, -0.1) is 0 Å². The molecule has 0 saturated carbocycles. The highest BCUT2D eigenvalue weighted by Crippen LogP contribution is 2.40. The molecule has 1 aliphatic rings. The number of nitrogens with one attached hydrogen (secondary N) is 1. The Hall–Kier alpha value is -3.73. The highest BCUT2D eigenvalue weighted by atomic mass is 16.6. The lowest BCUT2D eigenvalue weighted by atomic mass is 10.0. The van der Waals surface area contributed by atoms with Crippen LogP contribution in [0.25, 0.3) is 6.08 Å². The SMILES string of the molecule is COc1cc(/C=C/C(=O)Nc2ccccc2Cc2ccccc2)cc2c1OCCO2. The molecule has 4 rings (SSSR count). The minimum atomic E-state index is -0.204. The van der Waals surface area contributed by atoms with Gasteiger partial charge >= 0.3 is 0 Å². The molecule has 152 valence electrons. The van der Waals surface area contributed by atoms with Crippen molar-refractivity contribution in [3.63, 3.8) is 0 Å². The minimum Gasteiger partial charge on any atom is -0.493 e. The van der Waals surface area contributed by atoms with Crippen molar-refractivity contribution >= 4 is 17.7 Å². The van der Waals surface area contributed by atoms with Crippen molar-refractivity contribution in [2.45, 2.75) is 6.42 Å². The fraction of sp³-hybridized carbons (Fsp3) is 0.160. The van der Waals surface area contributed by atoms with Crippen LogP contribution in [0.4, 0.5) is 5.69 Å². The van der Waals surface area contributed by atoms with Gasteiger partial charge in [0.25, 0.3) is 0 Å². The summed E-state index contributed by atoms with van der Waals surface area (Å²) in [7, 11) is 1.58. The van der Waals surface area contributed by atoms with Gasteiger partial charge in [0.05, 0.1) is 7.11 Å². The number of para-hydroxylation sites is 1. The maximum absolute atomic E-state index is 12.5. The van der Waals surface area contributed by atoms with E-state index >= 15 is 0 Å². The van der Waals surface area contributed by atoms with Crippen molar-refractivity contribution in [3.05, 3.63) is 89.5 Å². The van der Waals surface area contributed by atoms with E-state index in [2.05, 4.69) is 17.4 Å². The molecule has 1 N–H and O–H groups in total. The third-order valence-electron chi connectivity index (χ3n) is 4.79. The molecule has 5 heteroatoms. The predicted molar refractivity (Wildman–Crippen MR) is 117 cm³/mol. The van der Waals surface area contributed by atoms with E-state index in [0.717, 1.165) is 23.2 Å². The van der Waals surface area contributed by atoms with Gasteiger partial charge < -0.3 is 19.5 Å². The lowest BCUT2D eigenvalue weighted by molar-refractivity contribution is -0.111. The van der Waals surface area contributed by atoms with Crippen molar-refractivity contribution in [3.8, 4) is 17.2 Å². The van der Waals surface area contributed by atoms with Crippen LogP contribution in [-0.2, 0) is 11.2 Å². The fourth-order valence-electron chi connectivity index (χ4n) is 3.35. The number of ether oxygens (including phenoxy) is 3. The summed E-state index contributed by atoms with van der Waals surface area (Å²) in [6.07, 6.45) is 3.99. The predicted octanol–water partition coefficient (Wildman–Crippen LogP) is 4.71. The Bertz CT molecular complexity index is 1040. The first kappa shape index (κ1) is 19.6. The third kappa shape index (κ3) is 4.63. The second kappa shape index (κ2) is 9.18. The zero-order valence-corrected chi connectivity index (χ0v) is 16.8. The smallest absolute Gasteiger partial charge is 0.248 e. The summed E-state index contributed by atoms with van der Waals surface area (Å²) < 4.78 is 16.6. The Labute approximate surface area is 175 Å². The van der Waals surface area contributed by atoms with Crippen LogP contribution in [0.5, 0.6) is 17.2 Å². The van der Waals surface area contributed by atoms with Crippen LogP contribution in [-0.4, -0.2) is 26.2 Å². The van der Waals surface area contributed by atoms with Gasteiger partial charge in [0.2, 0.25) is 11.7 Å². The van der Waals surface area contributed by atoms with E-state index < -0.39 is 0 Å². The van der Waals surface area contributed by atoms with Gasteiger partial charge in [-0.05, 0) is 47.4 Å². The van der Waals surface area contributed by atoms with Crippen molar-refractivity contribution in [2.24, 2.45) is 0 Å². The van der Waals surface area contributed by atoms with Crippen LogP contribution >= 0.6 is 0 Å². The molecule has 0 saturated heterocycles. The number of methoxy groups -OCH3 is 1. The largest absolute Gasteiger partial charge is 0.493 e. The molecule has 0 aliphatic carbocycles. The van der Waals surface area contributed by atoms with Crippen molar-refractivity contribution in [2.75, 3.05) is 25.6 Å². The van der Waals surface area contributed by atoms with Crippen molar-refractivity contribution < 1.29 is 19.0 Å². The molecule has 0 aromatic heterocycles. The molecule has 0 unspecified atom stereocenters. The van der Waals surface area contributed by atoms with E-state index in [1.54, 1.807) is 13.2 Å². The molecule has 3 aromatic carbocycles. The van der Waals surface area contributed by atoms with Gasteiger partial charge in [-0.2, -0.15) is 0 Å². The van der Waals surface area contributed by atoms with Crippen LogP contribution in [0.15, 0.2) is 72.8 Å². The normalized spacial score (nSPS) is 12.6. The summed E-state index contributed by atoms with van der Waals surface area (Å²) in [6, 6.07) is 21.7. The highest BCUT2D eigenvalue weighted by molar-refractivity contribution is 6.02. The number of hydrogen-bond donors (Lipinski definition) is 1. The zero-order valence-electron chi connectivity index (χ0n) is 16.8. The highest BCUT2D eigenvalue weighted by Gasteiger charge is 2.17. The number of carbonyl (C=O) groups excluding carboxylic acids is 1. The van der Waals surface area contributed by atoms with E-state index in [-0.39, 0.29) is 5.91 Å². The molecular formula is C25H23NO4. The van der Waals surface area contributed by atoms with Gasteiger partial charge in [0.15, 0.2) is 11.5 Å². The molecular weight excluding hydrogens is 378 g/mol. The first-order chi connectivity index (χ1) is 14.7.